The predicted octanol–water partition coefficient (Wildman–Crippen LogP) is 4.43. The molecule has 0 spiro atoms. The van der Waals surface area contributed by atoms with Crippen LogP contribution >= 0.6 is 11.6 Å². The molecule has 0 saturated carbocycles. The van der Waals surface area contributed by atoms with Crippen molar-refractivity contribution < 1.29 is 9.53 Å². The van der Waals surface area contributed by atoms with Gasteiger partial charge in [-0.05, 0) is 30.0 Å². The number of fused-ring (bicyclic) bond motifs is 1. The van der Waals surface area contributed by atoms with Gasteiger partial charge in [0, 0.05) is 19.6 Å². The highest BCUT2D eigenvalue weighted by Crippen LogP contribution is 2.24. The zero-order chi connectivity index (χ0) is 18.6. The van der Waals surface area contributed by atoms with Crippen LogP contribution in [0.3, 0.4) is 0 Å². The van der Waals surface area contributed by atoms with Gasteiger partial charge in [0.15, 0.2) is 0 Å². The standard InChI is InChI=1S/C21H22ClN3O2/c22-12-20-23-18-8-4-5-9-19(18)25(20)14-17-10-11-24(13-17)21(26)27-15-16-6-2-1-3-7-16/h1-9,17H,10-15H2/t17-/m0/s1. The summed E-state index contributed by atoms with van der Waals surface area (Å²) in [6, 6.07) is 17.8. The normalized spacial score (nSPS) is 16.8. The topological polar surface area (TPSA) is 47.4 Å². The van der Waals surface area contributed by atoms with E-state index >= 15 is 0 Å². The minimum absolute atomic E-state index is 0.241. The van der Waals surface area contributed by atoms with Crippen LogP contribution in [0.4, 0.5) is 4.79 Å². The molecule has 1 amide bonds. The van der Waals surface area contributed by atoms with E-state index in [-0.39, 0.29) is 6.09 Å². The van der Waals surface area contributed by atoms with Crippen LogP contribution in [0.2, 0.25) is 0 Å². The largest absolute Gasteiger partial charge is 0.445 e. The van der Waals surface area contributed by atoms with Crippen molar-refractivity contribution in [3.05, 3.63) is 66.0 Å². The Morgan fingerprint density at radius 2 is 1.93 bits per heavy atom. The van der Waals surface area contributed by atoms with E-state index in [4.69, 9.17) is 16.3 Å². The van der Waals surface area contributed by atoms with Crippen LogP contribution in [-0.2, 0) is 23.8 Å². The van der Waals surface area contributed by atoms with Gasteiger partial charge < -0.3 is 14.2 Å². The first-order valence-electron chi connectivity index (χ1n) is 9.20. The summed E-state index contributed by atoms with van der Waals surface area (Å²) < 4.78 is 7.64. The molecule has 6 heteroatoms. The summed E-state index contributed by atoms with van der Waals surface area (Å²) in [7, 11) is 0. The Morgan fingerprint density at radius 1 is 1.15 bits per heavy atom. The number of benzene rings is 2. The van der Waals surface area contributed by atoms with Crippen molar-refractivity contribution in [1.29, 1.82) is 0 Å². The first kappa shape index (κ1) is 17.9. The second-order valence-corrected chi connectivity index (χ2v) is 7.17. The average Bonchev–Trinajstić information content (AvgIpc) is 3.32. The molecule has 2 heterocycles. The summed E-state index contributed by atoms with van der Waals surface area (Å²) in [5, 5.41) is 0. The number of hydrogen-bond acceptors (Lipinski definition) is 3. The quantitative estimate of drug-likeness (QED) is 0.612. The van der Waals surface area contributed by atoms with E-state index in [0.717, 1.165) is 41.9 Å². The third-order valence-electron chi connectivity index (χ3n) is 5.04. The molecule has 1 fully saturated rings. The van der Waals surface area contributed by atoms with E-state index in [0.29, 0.717) is 24.9 Å². The SMILES string of the molecule is O=C(OCc1ccccc1)N1CC[C@H](Cn2c(CCl)nc3ccccc32)C1. The van der Waals surface area contributed by atoms with Crippen molar-refractivity contribution in [2.45, 2.75) is 25.5 Å². The van der Waals surface area contributed by atoms with Crippen LogP contribution in [-0.4, -0.2) is 33.6 Å². The van der Waals surface area contributed by atoms with Crippen LogP contribution < -0.4 is 0 Å². The highest BCUT2D eigenvalue weighted by Gasteiger charge is 2.28. The molecule has 0 N–H and O–H groups in total. The van der Waals surface area contributed by atoms with Gasteiger partial charge >= 0.3 is 6.09 Å². The zero-order valence-electron chi connectivity index (χ0n) is 15.1. The molecule has 2 aromatic carbocycles. The van der Waals surface area contributed by atoms with Gasteiger partial charge in [-0.1, -0.05) is 42.5 Å². The molecule has 0 bridgehead atoms. The van der Waals surface area contributed by atoms with Crippen molar-refractivity contribution in [2.24, 2.45) is 5.92 Å². The van der Waals surface area contributed by atoms with Gasteiger partial charge in [0.1, 0.15) is 12.4 Å². The first-order chi connectivity index (χ1) is 13.2. The van der Waals surface area contributed by atoms with E-state index in [1.165, 1.54) is 0 Å². The Kier molecular flexibility index (Phi) is 5.30. The number of hydrogen-bond donors (Lipinski definition) is 0. The Hall–Kier alpha value is -2.53. The van der Waals surface area contributed by atoms with E-state index in [9.17, 15) is 4.79 Å². The molecule has 1 saturated heterocycles. The summed E-state index contributed by atoms with van der Waals surface area (Å²) >= 11 is 6.10. The Balaban J connectivity index is 1.38. The molecule has 4 rings (SSSR count). The van der Waals surface area contributed by atoms with Gasteiger partial charge in [0.25, 0.3) is 0 Å². The van der Waals surface area contributed by atoms with Crippen LogP contribution in [0.25, 0.3) is 11.0 Å². The molecule has 3 aromatic rings. The van der Waals surface area contributed by atoms with Gasteiger partial charge in [-0.2, -0.15) is 0 Å². The lowest BCUT2D eigenvalue weighted by molar-refractivity contribution is 0.103. The number of imidazole rings is 1. The first-order valence-corrected chi connectivity index (χ1v) is 9.74. The van der Waals surface area contributed by atoms with E-state index in [2.05, 4.69) is 15.6 Å². The van der Waals surface area contributed by atoms with Crippen LogP contribution in [0.15, 0.2) is 54.6 Å². The Morgan fingerprint density at radius 3 is 2.74 bits per heavy atom. The predicted molar refractivity (Wildman–Crippen MR) is 106 cm³/mol. The summed E-state index contributed by atoms with van der Waals surface area (Å²) in [6.45, 7) is 2.54. The Bertz CT molecular complexity index is 926. The molecule has 5 nitrogen and oxygen atoms in total. The number of aromatic nitrogens is 2. The minimum Gasteiger partial charge on any atom is -0.445 e. The monoisotopic (exact) mass is 383 g/mol. The van der Waals surface area contributed by atoms with Crippen molar-refractivity contribution >= 4 is 28.7 Å². The minimum atomic E-state index is -0.241. The molecule has 1 aliphatic rings. The van der Waals surface area contributed by atoms with Gasteiger partial charge in [-0.25, -0.2) is 9.78 Å². The number of ether oxygens (including phenoxy) is 1. The summed E-state index contributed by atoms with van der Waals surface area (Å²) in [5.41, 5.74) is 3.06. The highest BCUT2D eigenvalue weighted by molar-refractivity contribution is 6.16. The number of carbonyl (C=O) groups excluding carboxylic acids is 1. The number of nitrogens with zero attached hydrogens (tertiary/aromatic N) is 3. The molecule has 1 aromatic heterocycles. The van der Waals surface area contributed by atoms with E-state index < -0.39 is 0 Å². The second-order valence-electron chi connectivity index (χ2n) is 6.90. The third-order valence-corrected chi connectivity index (χ3v) is 5.28. The molecule has 1 aliphatic heterocycles. The number of amides is 1. The molecule has 1 atom stereocenters. The lowest BCUT2D eigenvalue weighted by atomic mass is 10.1. The summed E-state index contributed by atoms with van der Waals surface area (Å²) in [6.07, 6.45) is 0.712. The molecular formula is C21H22ClN3O2. The molecule has 140 valence electrons. The van der Waals surface area contributed by atoms with Crippen molar-refractivity contribution in [3.8, 4) is 0 Å². The number of halogens is 1. The fourth-order valence-electron chi connectivity index (χ4n) is 3.65. The molecule has 0 radical (unpaired) electrons. The number of likely N-dealkylation sites (tertiary alicyclic amines) is 1. The van der Waals surface area contributed by atoms with Crippen molar-refractivity contribution in [3.63, 3.8) is 0 Å². The van der Waals surface area contributed by atoms with Crippen molar-refractivity contribution in [2.75, 3.05) is 13.1 Å². The third kappa shape index (κ3) is 3.93. The van der Waals surface area contributed by atoms with E-state index in [1.54, 1.807) is 4.90 Å². The van der Waals surface area contributed by atoms with Gasteiger partial charge in [0.2, 0.25) is 0 Å². The average molecular weight is 384 g/mol. The molecule has 0 unspecified atom stereocenters. The van der Waals surface area contributed by atoms with Crippen LogP contribution in [0.1, 0.15) is 17.8 Å². The fraction of sp³-hybridized carbons (Fsp3) is 0.333. The molecule has 0 aliphatic carbocycles. The highest BCUT2D eigenvalue weighted by atomic mass is 35.5. The zero-order valence-corrected chi connectivity index (χ0v) is 15.8. The van der Waals surface area contributed by atoms with E-state index in [1.807, 2.05) is 48.5 Å². The summed E-state index contributed by atoms with van der Waals surface area (Å²) in [5.74, 6) is 1.63. The van der Waals surface area contributed by atoms with Gasteiger partial charge in [-0.3, -0.25) is 0 Å². The molecule has 27 heavy (non-hydrogen) atoms. The lowest BCUT2D eigenvalue weighted by Gasteiger charge is -2.17. The number of carbonyl (C=O) groups is 1. The fourth-order valence-corrected chi connectivity index (χ4v) is 3.85. The van der Waals surface area contributed by atoms with Crippen LogP contribution in [0, 0.1) is 5.92 Å². The maximum absolute atomic E-state index is 12.4. The van der Waals surface area contributed by atoms with Gasteiger partial charge in [0.05, 0.1) is 16.9 Å². The Labute approximate surface area is 163 Å². The van der Waals surface area contributed by atoms with Crippen LogP contribution in [0.5, 0.6) is 0 Å². The number of alkyl halides is 1. The smallest absolute Gasteiger partial charge is 0.410 e. The maximum atomic E-state index is 12.4. The summed E-state index contributed by atoms with van der Waals surface area (Å²) in [4.78, 5) is 18.8. The maximum Gasteiger partial charge on any atom is 0.410 e. The van der Waals surface area contributed by atoms with Gasteiger partial charge in [-0.15, -0.1) is 11.6 Å². The second kappa shape index (κ2) is 8.01. The lowest BCUT2D eigenvalue weighted by Crippen LogP contribution is -2.29. The molecular weight excluding hydrogens is 362 g/mol. The number of para-hydroxylation sites is 2. The van der Waals surface area contributed by atoms with Crippen molar-refractivity contribution in [1.82, 2.24) is 14.5 Å². The number of rotatable bonds is 5.